The van der Waals surface area contributed by atoms with E-state index in [0.717, 1.165) is 51.7 Å². The summed E-state index contributed by atoms with van der Waals surface area (Å²) in [6.07, 6.45) is 3.81. The lowest BCUT2D eigenvalue weighted by molar-refractivity contribution is 0.117. The Morgan fingerprint density at radius 2 is 2.38 bits per heavy atom. The summed E-state index contributed by atoms with van der Waals surface area (Å²) in [4.78, 5) is 8.75. The molecule has 2 aliphatic rings. The lowest BCUT2D eigenvalue weighted by atomic mass is 10.1. The van der Waals surface area contributed by atoms with Gasteiger partial charge in [-0.2, -0.15) is 0 Å². The molecule has 2 N–H and O–H groups in total. The molecule has 0 bridgehead atoms. The fourth-order valence-electron chi connectivity index (χ4n) is 3.15. The molecule has 24 heavy (non-hydrogen) atoms. The zero-order chi connectivity index (χ0) is 15.9. The van der Waals surface area contributed by atoms with E-state index < -0.39 is 0 Å². The van der Waals surface area contributed by atoms with Gasteiger partial charge in [-0.25, -0.2) is 0 Å². The van der Waals surface area contributed by atoms with Crippen LogP contribution in [-0.2, 0) is 17.7 Å². The van der Waals surface area contributed by atoms with Crippen LogP contribution in [0.1, 0.15) is 30.2 Å². The van der Waals surface area contributed by atoms with Crippen LogP contribution in [0.2, 0.25) is 0 Å². The number of fused-ring (bicyclic) bond motifs is 1. The van der Waals surface area contributed by atoms with E-state index in [0.29, 0.717) is 6.10 Å². The van der Waals surface area contributed by atoms with Crippen LogP contribution in [0.4, 0.5) is 0 Å². The van der Waals surface area contributed by atoms with Crippen LogP contribution in [-0.4, -0.2) is 56.3 Å². The summed E-state index contributed by atoms with van der Waals surface area (Å²) < 4.78 is 5.64. The molecule has 0 spiro atoms. The molecule has 1 unspecified atom stereocenters. The van der Waals surface area contributed by atoms with Crippen molar-refractivity contribution >= 4 is 41.3 Å². The third kappa shape index (κ3) is 5.86. The van der Waals surface area contributed by atoms with Crippen molar-refractivity contribution < 1.29 is 4.74 Å². The van der Waals surface area contributed by atoms with Crippen molar-refractivity contribution in [3.8, 4) is 0 Å². The van der Waals surface area contributed by atoms with E-state index in [1.165, 1.54) is 24.9 Å². The van der Waals surface area contributed by atoms with Crippen molar-refractivity contribution in [1.82, 2.24) is 15.5 Å². The molecule has 7 heteroatoms. The highest BCUT2D eigenvalue weighted by atomic mass is 127. The summed E-state index contributed by atoms with van der Waals surface area (Å²) in [7, 11) is 0. The number of ether oxygens (including phenoxy) is 1. The molecule has 0 aromatic carbocycles. The first kappa shape index (κ1) is 19.9. The molecule has 1 atom stereocenters. The minimum atomic E-state index is 0. The summed E-state index contributed by atoms with van der Waals surface area (Å²) in [5.41, 5.74) is 1.51. The lowest BCUT2D eigenvalue weighted by Crippen LogP contribution is -2.42. The number of rotatable bonds is 6. The lowest BCUT2D eigenvalue weighted by Gasteiger charge is -2.27. The third-order valence-corrected chi connectivity index (χ3v) is 5.45. The van der Waals surface area contributed by atoms with Gasteiger partial charge in [-0.3, -0.25) is 9.89 Å². The predicted molar refractivity (Wildman–Crippen MR) is 112 cm³/mol. The van der Waals surface area contributed by atoms with Gasteiger partial charge in [0, 0.05) is 44.2 Å². The maximum atomic E-state index is 5.64. The van der Waals surface area contributed by atoms with Crippen molar-refractivity contribution in [1.29, 1.82) is 0 Å². The summed E-state index contributed by atoms with van der Waals surface area (Å²) >= 11 is 1.90. The van der Waals surface area contributed by atoms with Crippen LogP contribution in [0.3, 0.4) is 0 Å². The Bertz CT molecular complexity index is 516. The summed E-state index contributed by atoms with van der Waals surface area (Å²) in [6, 6.07) is 2.27. The van der Waals surface area contributed by atoms with E-state index in [1.807, 2.05) is 11.3 Å². The molecule has 3 rings (SSSR count). The Labute approximate surface area is 166 Å². The second-order valence-electron chi connectivity index (χ2n) is 6.18. The van der Waals surface area contributed by atoms with Gasteiger partial charge in [0.25, 0.3) is 0 Å². The quantitative estimate of drug-likeness (QED) is 0.386. The number of thiophene rings is 1. The zero-order valence-electron chi connectivity index (χ0n) is 14.4. The second-order valence-corrected chi connectivity index (χ2v) is 7.18. The highest BCUT2D eigenvalue weighted by molar-refractivity contribution is 14.0. The monoisotopic (exact) mass is 464 g/mol. The topological polar surface area (TPSA) is 48.9 Å². The van der Waals surface area contributed by atoms with Gasteiger partial charge in [-0.1, -0.05) is 0 Å². The van der Waals surface area contributed by atoms with Crippen LogP contribution in [0, 0.1) is 0 Å². The Hall–Kier alpha value is -0.380. The molecule has 1 saturated heterocycles. The van der Waals surface area contributed by atoms with Crippen LogP contribution in [0.5, 0.6) is 0 Å². The van der Waals surface area contributed by atoms with Gasteiger partial charge in [-0.05, 0) is 43.2 Å². The van der Waals surface area contributed by atoms with E-state index in [-0.39, 0.29) is 24.0 Å². The number of nitrogens with zero attached hydrogens (tertiary/aromatic N) is 2. The van der Waals surface area contributed by atoms with E-state index in [1.54, 1.807) is 4.88 Å². The predicted octanol–water partition coefficient (Wildman–Crippen LogP) is 2.46. The summed E-state index contributed by atoms with van der Waals surface area (Å²) in [6.45, 7) is 8.88. The Morgan fingerprint density at radius 3 is 3.17 bits per heavy atom. The average molecular weight is 464 g/mol. The Balaban J connectivity index is 0.00000208. The number of nitrogens with one attached hydrogen (secondary N) is 2. The molecule has 2 aliphatic heterocycles. The fourth-order valence-corrected chi connectivity index (χ4v) is 4.04. The Kier molecular flexibility index (Phi) is 8.79. The van der Waals surface area contributed by atoms with Gasteiger partial charge >= 0.3 is 0 Å². The van der Waals surface area contributed by atoms with Gasteiger partial charge in [0.2, 0.25) is 0 Å². The average Bonchev–Trinajstić information content (AvgIpc) is 3.23. The molecule has 1 fully saturated rings. The van der Waals surface area contributed by atoms with Crippen LogP contribution >= 0.6 is 35.3 Å². The first-order chi connectivity index (χ1) is 11.3. The van der Waals surface area contributed by atoms with Gasteiger partial charge in [0.1, 0.15) is 0 Å². The normalized spacial score (nSPS) is 21.2. The number of guanidine groups is 1. The van der Waals surface area contributed by atoms with Gasteiger partial charge < -0.3 is 15.4 Å². The minimum absolute atomic E-state index is 0. The van der Waals surface area contributed by atoms with Crippen molar-refractivity contribution in [3.05, 3.63) is 21.9 Å². The van der Waals surface area contributed by atoms with Crippen molar-refractivity contribution in [2.75, 3.05) is 39.3 Å². The first-order valence-electron chi connectivity index (χ1n) is 8.76. The standard InChI is InChI=1S/C17H28N4OS.HI/c1-2-18-17(20-12-15-4-3-10-22-15)19-7-9-21-8-5-16-14(13-21)6-11-23-16;/h6,11,15H,2-5,7-10,12-13H2,1H3,(H2,18,19,20);1H. The summed E-state index contributed by atoms with van der Waals surface area (Å²) in [5, 5.41) is 8.99. The molecule has 0 aliphatic carbocycles. The van der Waals surface area contributed by atoms with Crippen LogP contribution in [0.25, 0.3) is 0 Å². The first-order valence-corrected chi connectivity index (χ1v) is 9.64. The number of halogens is 1. The van der Waals surface area contributed by atoms with Gasteiger partial charge in [0.15, 0.2) is 5.96 Å². The number of hydrogen-bond donors (Lipinski definition) is 2. The maximum Gasteiger partial charge on any atom is 0.191 e. The van der Waals surface area contributed by atoms with Crippen molar-refractivity contribution in [2.45, 2.75) is 38.8 Å². The molecule has 0 radical (unpaired) electrons. The molecule has 3 heterocycles. The van der Waals surface area contributed by atoms with E-state index in [9.17, 15) is 0 Å². The number of aliphatic imine (C=N–C) groups is 1. The molecular formula is C17H29IN4OS. The fraction of sp³-hybridized carbons (Fsp3) is 0.706. The molecule has 0 amide bonds. The van der Waals surface area contributed by atoms with E-state index >= 15 is 0 Å². The third-order valence-electron chi connectivity index (χ3n) is 4.43. The molecule has 1 aromatic rings. The molecule has 136 valence electrons. The Morgan fingerprint density at radius 1 is 1.46 bits per heavy atom. The molecule has 1 aromatic heterocycles. The molecule has 5 nitrogen and oxygen atoms in total. The van der Waals surface area contributed by atoms with E-state index in [2.05, 4.69) is 38.9 Å². The smallest absolute Gasteiger partial charge is 0.191 e. The maximum absolute atomic E-state index is 5.64. The minimum Gasteiger partial charge on any atom is -0.376 e. The molecular weight excluding hydrogens is 435 g/mol. The van der Waals surface area contributed by atoms with Crippen molar-refractivity contribution in [3.63, 3.8) is 0 Å². The highest BCUT2D eigenvalue weighted by Gasteiger charge is 2.17. The van der Waals surface area contributed by atoms with Crippen LogP contribution < -0.4 is 10.6 Å². The van der Waals surface area contributed by atoms with Gasteiger partial charge in [0.05, 0.1) is 12.6 Å². The van der Waals surface area contributed by atoms with Crippen LogP contribution in [0.15, 0.2) is 16.4 Å². The molecule has 0 saturated carbocycles. The van der Waals surface area contributed by atoms with E-state index in [4.69, 9.17) is 4.74 Å². The summed E-state index contributed by atoms with van der Waals surface area (Å²) in [5.74, 6) is 0.913. The highest BCUT2D eigenvalue weighted by Crippen LogP contribution is 2.23. The SMILES string of the molecule is CCNC(=NCC1CCCO1)NCCN1CCc2sccc2C1.I. The number of hydrogen-bond acceptors (Lipinski definition) is 4. The second kappa shape index (κ2) is 10.6. The van der Waals surface area contributed by atoms with Crippen molar-refractivity contribution in [2.24, 2.45) is 4.99 Å². The van der Waals surface area contributed by atoms with Gasteiger partial charge in [-0.15, -0.1) is 35.3 Å². The zero-order valence-corrected chi connectivity index (χ0v) is 17.6. The largest absolute Gasteiger partial charge is 0.376 e.